The molecule has 4 heteroatoms. The standard InChI is InChI=1S/C13H24N2O2/c16-13(15-11-3-1-2-4-11)7-10-17-12-5-8-14-9-6-12/h11-12,14H,1-10H2,(H,15,16). The number of amides is 1. The molecule has 1 aliphatic carbocycles. The molecule has 1 saturated heterocycles. The smallest absolute Gasteiger partial charge is 0.222 e. The van der Waals surface area contributed by atoms with Crippen molar-refractivity contribution in [2.24, 2.45) is 0 Å². The van der Waals surface area contributed by atoms with E-state index < -0.39 is 0 Å². The van der Waals surface area contributed by atoms with Crippen LogP contribution in [0.3, 0.4) is 0 Å². The van der Waals surface area contributed by atoms with Crippen LogP contribution in [0.1, 0.15) is 44.9 Å². The third kappa shape index (κ3) is 4.64. The Morgan fingerprint density at radius 3 is 2.59 bits per heavy atom. The Balaban J connectivity index is 1.53. The minimum absolute atomic E-state index is 0.158. The molecule has 0 atom stereocenters. The van der Waals surface area contributed by atoms with E-state index in [4.69, 9.17) is 4.74 Å². The Kier molecular flexibility index (Phi) is 5.26. The van der Waals surface area contributed by atoms with Gasteiger partial charge in [-0.2, -0.15) is 0 Å². The van der Waals surface area contributed by atoms with E-state index in [0.717, 1.165) is 38.8 Å². The van der Waals surface area contributed by atoms with Gasteiger partial charge < -0.3 is 15.4 Å². The summed E-state index contributed by atoms with van der Waals surface area (Å²) in [7, 11) is 0. The van der Waals surface area contributed by atoms with Crippen molar-refractivity contribution in [2.75, 3.05) is 19.7 Å². The van der Waals surface area contributed by atoms with Gasteiger partial charge in [-0.05, 0) is 38.8 Å². The zero-order valence-corrected chi connectivity index (χ0v) is 10.5. The van der Waals surface area contributed by atoms with E-state index in [0.29, 0.717) is 25.2 Å². The second-order valence-electron chi connectivity index (χ2n) is 5.12. The van der Waals surface area contributed by atoms with Gasteiger partial charge in [-0.25, -0.2) is 0 Å². The topological polar surface area (TPSA) is 50.4 Å². The van der Waals surface area contributed by atoms with Crippen LogP contribution >= 0.6 is 0 Å². The Bertz CT molecular complexity index is 234. The molecule has 1 saturated carbocycles. The Labute approximate surface area is 103 Å². The van der Waals surface area contributed by atoms with Crippen molar-refractivity contribution in [1.29, 1.82) is 0 Å². The lowest BCUT2D eigenvalue weighted by Gasteiger charge is -2.23. The van der Waals surface area contributed by atoms with E-state index in [1.807, 2.05) is 0 Å². The van der Waals surface area contributed by atoms with Gasteiger partial charge in [0.25, 0.3) is 0 Å². The molecular formula is C13H24N2O2. The van der Waals surface area contributed by atoms with Gasteiger partial charge >= 0.3 is 0 Å². The summed E-state index contributed by atoms with van der Waals surface area (Å²) in [5.74, 6) is 0.158. The summed E-state index contributed by atoms with van der Waals surface area (Å²) < 4.78 is 5.72. The minimum atomic E-state index is 0.158. The first-order valence-electron chi connectivity index (χ1n) is 6.96. The average molecular weight is 240 g/mol. The first-order chi connectivity index (χ1) is 8.34. The SMILES string of the molecule is O=C(CCOC1CCNCC1)NC1CCCC1. The van der Waals surface area contributed by atoms with Crippen LogP contribution in [-0.4, -0.2) is 37.7 Å². The van der Waals surface area contributed by atoms with Crippen molar-refractivity contribution < 1.29 is 9.53 Å². The summed E-state index contributed by atoms with van der Waals surface area (Å²) in [6, 6.07) is 0.432. The van der Waals surface area contributed by atoms with E-state index in [-0.39, 0.29) is 5.91 Å². The molecule has 1 aliphatic heterocycles. The van der Waals surface area contributed by atoms with Crippen LogP contribution in [0, 0.1) is 0 Å². The van der Waals surface area contributed by atoms with Crippen molar-refractivity contribution in [3.8, 4) is 0 Å². The molecule has 0 aromatic carbocycles. The Morgan fingerprint density at radius 2 is 1.88 bits per heavy atom. The van der Waals surface area contributed by atoms with Crippen LogP contribution in [0.2, 0.25) is 0 Å². The van der Waals surface area contributed by atoms with Gasteiger partial charge in [-0.15, -0.1) is 0 Å². The molecule has 1 amide bonds. The summed E-state index contributed by atoms with van der Waals surface area (Å²) in [6.07, 6.45) is 7.85. The molecule has 2 fully saturated rings. The largest absolute Gasteiger partial charge is 0.378 e. The second kappa shape index (κ2) is 6.97. The lowest BCUT2D eigenvalue weighted by molar-refractivity contribution is -0.123. The molecule has 0 aromatic rings. The highest BCUT2D eigenvalue weighted by Gasteiger charge is 2.17. The molecule has 1 heterocycles. The fraction of sp³-hybridized carbons (Fsp3) is 0.923. The summed E-state index contributed by atoms with van der Waals surface area (Å²) in [5, 5.41) is 6.39. The Morgan fingerprint density at radius 1 is 1.18 bits per heavy atom. The number of ether oxygens (including phenoxy) is 1. The summed E-state index contributed by atoms with van der Waals surface area (Å²) >= 11 is 0. The van der Waals surface area contributed by atoms with Gasteiger partial charge in [0.15, 0.2) is 0 Å². The van der Waals surface area contributed by atoms with Gasteiger partial charge in [0.2, 0.25) is 5.91 Å². The van der Waals surface area contributed by atoms with Gasteiger partial charge in [0.1, 0.15) is 0 Å². The van der Waals surface area contributed by atoms with E-state index in [9.17, 15) is 4.79 Å². The number of piperidine rings is 1. The zero-order chi connectivity index (χ0) is 11.9. The molecule has 17 heavy (non-hydrogen) atoms. The number of hydrogen-bond donors (Lipinski definition) is 2. The number of carbonyl (C=O) groups excluding carboxylic acids is 1. The number of carbonyl (C=O) groups is 1. The van der Waals surface area contributed by atoms with Gasteiger partial charge in [0, 0.05) is 12.5 Å². The Hall–Kier alpha value is -0.610. The molecule has 4 nitrogen and oxygen atoms in total. The second-order valence-corrected chi connectivity index (χ2v) is 5.12. The van der Waals surface area contributed by atoms with Crippen LogP contribution in [0.15, 0.2) is 0 Å². The maximum atomic E-state index is 11.6. The molecule has 0 spiro atoms. The predicted octanol–water partition coefficient (Wildman–Crippen LogP) is 1.20. The van der Waals surface area contributed by atoms with Crippen molar-refractivity contribution in [3.63, 3.8) is 0 Å². The maximum absolute atomic E-state index is 11.6. The number of nitrogens with one attached hydrogen (secondary N) is 2. The highest BCUT2D eigenvalue weighted by molar-refractivity contribution is 5.76. The van der Waals surface area contributed by atoms with E-state index in [1.54, 1.807) is 0 Å². The summed E-state index contributed by atoms with van der Waals surface area (Å²) in [4.78, 5) is 11.6. The van der Waals surface area contributed by atoms with Gasteiger partial charge in [-0.1, -0.05) is 12.8 Å². The van der Waals surface area contributed by atoms with Crippen molar-refractivity contribution in [3.05, 3.63) is 0 Å². The number of hydrogen-bond acceptors (Lipinski definition) is 3. The van der Waals surface area contributed by atoms with E-state index in [2.05, 4.69) is 10.6 Å². The first-order valence-corrected chi connectivity index (χ1v) is 6.96. The quantitative estimate of drug-likeness (QED) is 0.759. The van der Waals surface area contributed by atoms with E-state index in [1.165, 1.54) is 12.8 Å². The lowest BCUT2D eigenvalue weighted by atomic mass is 10.1. The highest BCUT2D eigenvalue weighted by atomic mass is 16.5. The van der Waals surface area contributed by atoms with Crippen LogP contribution in [0.25, 0.3) is 0 Å². The lowest BCUT2D eigenvalue weighted by Crippen LogP contribution is -2.35. The molecule has 98 valence electrons. The summed E-state index contributed by atoms with van der Waals surface area (Å²) in [5.41, 5.74) is 0. The van der Waals surface area contributed by atoms with E-state index >= 15 is 0 Å². The molecule has 2 aliphatic rings. The van der Waals surface area contributed by atoms with Crippen LogP contribution < -0.4 is 10.6 Å². The van der Waals surface area contributed by atoms with Gasteiger partial charge in [0.05, 0.1) is 12.7 Å². The average Bonchev–Trinajstić information content (AvgIpc) is 2.83. The molecule has 0 unspecified atom stereocenters. The molecule has 2 N–H and O–H groups in total. The first kappa shape index (κ1) is 12.8. The fourth-order valence-corrected chi connectivity index (χ4v) is 2.65. The fourth-order valence-electron chi connectivity index (χ4n) is 2.65. The van der Waals surface area contributed by atoms with Crippen LogP contribution in [-0.2, 0) is 9.53 Å². The maximum Gasteiger partial charge on any atom is 0.222 e. The number of rotatable bonds is 5. The van der Waals surface area contributed by atoms with Crippen molar-refractivity contribution >= 4 is 5.91 Å². The monoisotopic (exact) mass is 240 g/mol. The predicted molar refractivity (Wildman–Crippen MR) is 66.9 cm³/mol. The molecule has 0 bridgehead atoms. The van der Waals surface area contributed by atoms with Crippen molar-refractivity contribution in [1.82, 2.24) is 10.6 Å². The zero-order valence-electron chi connectivity index (χ0n) is 10.5. The third-order valence-electron chi connectivity index (χ3n) is 3.69. The third-order valence-corrected chi connectivity index (χ3v) is 3.69. The molecular weight excluding hydrogens is 216 g/mol. The minimum Gasteiger partial charge on any atom is -0.378 e. The normalized spacial score (nSPS) is 22.8. The molecule has 0 radical (unpaired) electrons. The van der Waals surface area contributed by atoms with Crippen LogP contribution in [0.5, 0.6) is 0 Å². The summed E-state index contributed by atoms with van der Waals surface area (Å²) in [6.45, 7) is 2.65. The van der Waals surface area contributed by atoms with Crippen LogP contribution in [0.4, 0.5) is 0 Å². The highest BCUT2D eigenvalue weighted by Crippen LogP contribution is 2.17. The van der Waals surface area contributed by atoms with Gasteiger partial charge in [-0.3, -0.25) is 4.79 Å². The van der Waals surface area contributed by atoms with Crippen molar-refractivity contribution in [2.45, 2.75) is 57.1 Å². The molecule has 2 rings (SSSR count). The molecule has 0 aromatic heterocycles.